The van der Waals surface area contributed by atoms with E-state index in [1.54, 1.807) is 0 Å². The van der Waals surface area contributed by atoms with Gasteiger partial charge in [0.1, 0.15) is 12.2 Å². The smallest absolute Gasteiger partial charge is 0.311 e. The highest BCUT2D eigenvalue weighted by molar-refractivity contribution is 5.76. The zero-order valence-corrected chi connectivity index (χ0v) is 18.8. The van der Waals surface area contributed by atoms with Crippen LogP contribution in [0.2, 0.25) is 0 Å². The van der Waals surface area contributed by atoms with Crippen LogP contribution < -0.4 is 0 Å². The van der Waals surface area contributed by atoms with Crippen molar-refractivity contribution in [3.63, 3.8) is 0 Å². The van der Waals surface area contributed by atoms with E-state index < -0.39 is 5.41 Å². The Morgan fingerprint density at radius 2 is 2.03 bits per heavy atom. The van der Waals surface area contributed by atoms with Crippen molar-refractivity contribution >= 4 is 11.9 Å². The maximum Gasteiger partial charge on any atom is 0.311 e. The van der Waals surface area contributed by atoms with Gasteiger partial charge in [-0.3, -0.25) is 9.59 Å². The molecule has 0 saturated carbocycles. The van der Waals surface area contributed by atoms with Crippen molar-refractivity contribution in [2.45, 2.75) is 91.8 Å². The van der Waals surface area contributed by atoms with Crippen molar-refractivity contribution in [3.05, 3.63) is 23.8 Å². The molecule has 4 heteroatoms. The van der Waals surface area contributed by atoms with Crippen molar-refractivity contribution in [1.29, 1.82) is 0 Å². The van der Waals surface area contributed by atoms with Gasteiger partial charge >= 0.3 is 11.9 Å². The maximum atomic E-state index is 12.9. The van der Waals surface area contributed by atoms with E-state index >= 15 is 0 Å². The standard InChI is InChI=1S/C25H38O4/c1-6-25(4,5)24(27)29-21-15-16(2)14-18-11-10-17(3)20(23(18)21)13-12-19-8-7-9-22(26)28-19/h10-11,14,16-17,19-21,23H,6-9,12-13,15H2,1-5H3/t16-,17?,19-,20?,21-,23?/m0/s1. The molecule has 3 unspecified atom stereocenters. The molecule has 0 aromatic rings. The van der Waals surface area contributed by atoms with Gasteiger partial charge in [0.25, 0.3) is 0 Å². The maximum absolute atomic E-state index is 12.9. The fourth-order valence-electron chi connectivity index (χ4n) is 5.02. The number of esters is 2. The lowest BCUT2D eigenvalue weighted by Crippen LogP contribution is -2.43. The molecule has 0 amide bonds. The Morgan fingerprint density at radius 3 is 2.72 bits per heavy atom. The molecule has 1 fully saturated rings. The normalized spacial score (nSPS) is 34.8. The largest absolute Gasteiger partial charge is 0.462 e. The van der Waals surface area contributed by atoms with E-state index in [-0.39, 0.29) is 30.1 Å². The summed E-state index contributed by atoms with van der Waals surface area (Å²) in [5.41, 5.74) is 0.867. The summed E-state index contributed by atoms with van der Waals surface area (Å²) in [5, 5.41) is 0. The molecule has 29 heavy (non-hydrogen) atoms. The van der Waals surface area contributed by atoms with Crippen LogP contribution >= 0.6 is 0 Å². The van der Waals surface area contributed by atoms with Crippen LogP contribution in [-0.4, -0.2) is 24.1 Å². The number of fused-ring (bicyclic) bond motifs is 1. The number of rotatable bonds is 6. The van der Waals surface area contributed by atoms with E-state index in [0.717, 1.165) is 38.5 Å². The summed E-state index contributed by atoms with van der Waals surface area (Å²) in [6, 6.07) is 0. The molecule has 2 aliphatic carbocycles. The monoisotopic (exact) mass is 402 g/mol. The van der Waals surface area contributed by atoms with Crippen LogP contribution in [0.3, 0.4) is 0 Å². The summed E-state index contributed by atoms with van der Waals surface area (Å²) in [6.45, 7) is 10.4. The van der Waals surface area contributed by atoms with Gasteiger partial charge in [-0.1, -0.05) is 39.0 Å². The highest BCUT2D eigenvalue weighted by atomic mass is 16.5. The zero-order valence-electron chi connectivity index (χ0n) is 18.8. The number of carbonyl (C=O) groups is 2. The molecule has 1 saturated heterocycles. The fourth-order valence-corrected chi connectivity index (χ4v) is 5.02. The van der Waals surface area contributed by atoms with Gasteiger partial charge in [-0.15, -0.1) is 0 Å². The molecule has 3 rings (SSSR count). The third-order valence-corrected chi connectivity index (χ3v) is 7.32. The van der Waals surface area contributed by atoms with Crippen LogP contribution in [-0.2, 0) is 19.1 Å². The SMILES string of the molecule is CCC(C)(C)C(=O)O[C@H]1C[C@@H](C)C=C2C=CC(C)C(CC[C@@H]3CCCC(=O)O3)C21. The van der Waals surface area contributed by atoms with Gasteiger partial charge in [0.15, 0.2) is 0 Å². The molecule has 6 atom stereocenters. The number of hydrogen-bond donors (Lipinski definition) is 0. The topological polar surface area (TPSA) is 52.6 Å². The van der Waals surface area contributed by atoms with Crippen molar-refractivity contribution in [2.24, 2.45) is 29.1 Å². The third-order valence-electron chi connectivity index (χ3n) is 7.32. The molecule has 162 valence electrons. The molecule has 4 nitrogen and oxygen atoms in total. The fraction of sp³-hybridized carbons (Fsp3) is 0.760. The Hall–Kier alpha value is -1.58. The molecule has 0 aromatic carbocycles. The minimum absolute atomic E-state index is 0.0457. The average Bonchev–Trinajstić information content (AvgIpc) is 2.67. The van der Waals surface area contributed by atoms with E-state index in [1.165, 1.54) is 5.57 Å². The van der Waals surface area contributed by atoms with E-state index in [0.29, 0.717) is 24.2 Å². The van der Waals surface area contributed by atoms with E-state index in [4.69, 9.17) is 9.47 Å². The quantitative estimate of drug-likeness (QED) is 0.542. The van der Waals surface area contributed by atoms with Crippen LogP contribution in [0.25, 0.3) is 0 Å². The number of carbonyl (C=O) groups excluding carboxylic acids is 2. The summed E-state index contributed by atoms with van der Waals surface area (Å²) >= 11 is 0. The number of ether oxygens (including phenoxy) is 2. The van der Waals surface area contributed by atoms with Gasteiger partial charge in [0, 0.05) is 12.3 Å². The second-order valence-electron chi connectivity index (χ2n) is 10.1. The molecule has 0 spiro atoms. The average molecular weight is 403 g/mol. The predicted molar refractivity (Wildman–Crippen MR) is 114 cm³/mol. The minimum atomic E-state index is -0.452. The van der Waals surface area contributed by atoms with Crippen molar-refractivity contribution in [1.82, 2.24) is 0 Å². The minimum Gasteiger partial charge on any atom is -0.462 e. The molecule has 1 aliphatic heterocycles. The highest BCUT2D eigenvalue weighted by Gasteiger charge is 2.43. The lowest BCUT2D eigenvalue weighted by atomic mass is 9.65. The summed E-state index contributed by atoms with van der Waals surface area (Å²) in [7, 11) is 0. The van der Waals surface area contributed by atoms with Gasteiger partial charge in [0.2, 0.25) is 0 Å². The van der Waals surface area contributed by atoms with Crippen LogP contribution in [0.4, 0.5) is 0 Å². The van der Waals surface area contributed by atoms with Gasteiger partial charge in [-0.05, 0) is 75.7 Å². The molecular formula is C25H38O4. The Bertz CT molecular complexity index is 674. The number of allylic oxidation sites excluding steroid dienone is 3. The van der Waals surface area contributed by atoms with Crippen molar-refractivity contribution < 1.29 is 19.1 Å². The van der Waals surface area contributed by atoms with Crippen molar-refractivity contribution in [3.8, 4) is 0 Å². The third kappa shape index (κ3) is 5.13. The van der Waals surface area contributed by atoms with Gasteiger partial charge in [-0.2, -0.15) is 0 Å². The summed E-state index contributed by atoms with van der Waals surface area (Å²) in [4.78, 5) is 24.5. The Morgan fingerprint density at radius 1 is 1.28 bits per heavy atom. The summed E-state index contributed by atoms with van der Waals surface area (Å²) in [5.74, 6) is 1.33. The molecule has 0 N–H and O–H groups in total. The van der Waals surface area contributed by atoms with Gasteiger partial charge in [0.05, 0.1) is 5.41 Å². The van der Waals surface area contributed by atoms with Gasteiger partial charge in [-0.25, -0.2) is 0 Å². The lowest BCUT2D eigenvalue weighted by Gasteiger charge is -2.44. The first-order valence-electron chi connectivity index (χ1n) is 11.5. The predicted octanol–water partition coefficient (Wildman–Crippen LogP) is 5.61. The second kappa shape index (κ2) is 9.06. The molecule has 0 bridgehead atoms. The molecule has 1 heterocycles. The van der Waals surface area contributed by atoms with Crippen LogP contribution in [0.1, 0.15) is 79.6 Å². The molecule has 0 aromatic heterocycles. The second-order valence-corrected chi connectivity index (χ2v) is 10.1. The van der Waals surface area contributed by atoms with Crippen molar-refractivity contribution in [2.75, 3.05) is 0 Å². The molecule has 0 radical (unpaired) electrons. The summed E-state index contributed by atoms with van der Waals surface area (Å²) < 4.78 is 11.7. The molecular weight excluding hydrogens is 364 g/mol. The first-order chi connectivity index (χ1) is 13.7. The zero-order chi connectivity index (χ0) is 21.2. The highest BCUT2D eigenvalue weighted by Crippen LogP contribution is 2.45. The van der Waals surface area contributed by atoms with E-state index in [2.05, 4.69) is 32.1 Å². The number of cyclic esters (lactones) is 1. The van der Waals surface area contributed by atoms with E-state index in [1.807, 2.05) is 20.8 Å². The Balaban J connectivity index is 1.76. The van der Waals surface area contributed by atoms with Crippen LogP contribution in [0, 0.1) is 29.1 Å². The lowest BCUT2D eigenvalue weighted by molar-refractivity contribution is -0.165. The van der Waals surface area contributed by atoms with Crippen LogP contribution in [0.15, 0.2) is 23.8 Å². The Labute approximate surface area is 176 Å². The first kappa shape index (κ1) is 22.1. The van der Waals surface area contributed by atoms with Gasteiger partial charge < -0.3 is 9.47 Å². The Kier molecular flexibility index (Phi) is 6.90. The molecule has 3 aliphatic rings. The summed E-state index contributed by atoms with van der Waals surface area (Å²) in [6.07, 6.45) is 12.9. The van der Waals surface area contributed by atoms with Crippen LogP contribution in [0.5, 0.6) is 0 Å². The first-order valence-corrected chi connectivity index (χ1v) is 11.5. The number of hydrogen-bond acceptors (Lipinski definition) is 4. The van der Waals surface area contributed by atoms with E-state index in [9.17, 15) is 9.59 Å².